The molecule has 6 atom stereocenters. The molecule has 2 aromatic carbocycles. The molecule has 4 nitrogen and oxygen atoms in total. The summed E-state index contributed by atoms with van der Waals surface area (Å²) in [5, 5.41) is 36.9. The van der Waals surface area contributed by atoms with Crippen molar-refractivity contribution < 1.29 is 15.3 Å². The van der Waals surface area contributed by atoms with E-state index in [0.29, 0.717) is 18.9 Å². The van der Waals surface area contributed by atoms with Crippen LogP contribution in [-0.2, 0) is 13.0 Å². The number of phenols is 1. The van der Waals surface area contributed by atoms with Gasteiger partial charge in [-0.3, -0.25) is 0 Å². The molecule has 0 saturated heterocycles. The highest BCUT2D eigenvalue weighted by Gasteiger charge is 2.68. The Morgan fingerprint density at radius 3 is 2.66 bits per heavy atom. The van der Waals surface area contributed by atoms with E-state index in [4.69, 9.17) is 0 Å². The molecule has 2 saturated carbocycles. The lowest BCUT2D eigenvalue weighted by Gasteiger charge is -2.57. The number of aliphatic hydroxyl groups excluding tert-OH is 1. The average molecular weight is 394 g/mol. The lowest BCUT2D eigenvalue weighted by Crippen LogP contribution is -2.64. The molecule has 0 unspecified atom stereocenters. The molecule has 0 heterocycles. The van der Waals surface area contributed by atoms with Crippen LogP contribution in [0.3, 0.4) is 0 Å². The normalized spacial score (nSPS) is 38.2. The number of aromatic hydroxyl groups is 1. The first kappa shape index (κ1) is 19.1. The van der Waals surface area contributed by atoms with Gasteiger partial charge in [0, 0.05) is 23.6 Å². The predicted octanol–water partition coefficient (Wildman–Crippen LogP) is 3.49. The minimum atomic E-state index is -0.965. The Morgan fingerprint density at radius 1 is 1.07 bits per heavy atom. The Labute approximate surface area is 172 Å². The van der Waals surface area contributed by atoms with Crippen LogP contribution in [0.15, 0.2) is 48.5 Å². The van der Waals surface area contributed by atoms with Crippen molar-refractivity contribution in [2.75, 3.05) is 0 Å². The van der Waals surface area contributed by atoms with Gasteiger partial charge in [0.2, 0.25) is 0 Å². The Bertz CT molecular complexity index is 914. The minimum absolute atomic E-state index is 0.134. The van der Waals surface area contributed by atoms with Crippen LogP contribution in [-0.4, -0.2) is 33.1 Å². The van der Waals surface area contributed by atoms with E-state index in [1.807, 2.05) is 18.2 Å². The number of fused-ring (bicyclic) bond motifs is 5. The molecule has 3 aliphatic carbocycles. The molecule has 2 fully saturated rings. The number of phenolic OH excluding ortho intramolecular Hbond substituents is 1. The number of nitrogens with one attached hydrogen (secondary N) is 1. The standard InChI is InChI=1S/C25H31NO3/c1-24-13-12-19-18-8-4-2-6-16(18)10-11-20(19)25(24,29)22(14-23(24)28)26-15-17-7-3-5-9-21(17)27/h2-9,19-20,22-23,26-29H,10-15H2,1H3/t19-,20-,22-,23+,24-,25+/m1/s1. The summed E-state index contributed by atoms with van der Waals surface area (Å²) in [5.41, 5.74) is 2.16. The largest absolute Gasteiger partial charge is 0.508 e. The molecule has 5 rings (SSSR count). The number of hydrogen-bond donors (Lipinski definition) is 4. The second-order valence-corrected chi connectivity index (χ2v) is 9.55. The average Bonchev–Trinajstić information content (AvgIpc) is 2.94. The van der Waals surface area contributed by atoms with Crippen molar-refractivity contribution in [3.8, 4) is 5.75 Å². The van der Waals surface area contributed by atoms with E-state index < -0.39 is 17.1 Å². The van der Waals surface area contributed by atoms with Gasteiger partial charge in [-0.25, -0.2) is 0 Å². The maximum absolute atomic E-state index is 12.3. The quantitative estimate of drug-likeness (QED) is 0.644. The van der Waals surface area contributed by atoms with Gasteiger partial charge in [0.05, 0.1) is 11.7 Å². The molecular weight excluding hydrogens is 362 g/mol. The maximum Gasteiger partial charge on any atom is 0.120 e. The topological polar surface area (TPSA) is 72.7 Å². The van der Waals surface area contributed by atoms with Crippen LogP contribution in [0.1, 0.15) is 55.2 Å². The third-order valence-electron chi connectivity index (χ3n) is 8.38. The van der Waals surface area contributed by atoms with Gasteiger partial charge >= 0.3 is 0 Å². The second-order valence-electron chi connectivity index (χ2n) is 9.55. The minimum Gasteiger partial charge on any atom is -0.508 e. The zero-order valence-electron chi connectivity index (χ0n) is 17.0. The van der Waals surface area contributed by atoms with Crippen LogP contribution < -0.4 is 5.32 Å². The summed E-state index contributed by atoms with van der Waals surface area (Å²) in [6.45, 7) is 2.56. The number of aryl methyl sites for hydroxylation is 1. The lowest BCUT2D eigenvalue weighted by molar-refractivity contribution is -0.172. The van der Waals surface area contributed by atoms with Crippen molar-refractivity contribution >= 4 is 0 Å². The van der Waals surface area contributed by atoms with Crippen LogP contribution in [0.5, 0.6) is 5.75 Å². The highest BCUT2D eigenvalue weighted by molar-refractivity contribution is 5.37. The summed E-state index contributed by atoms with van der Waals surface area (Å²) in [6.07, 6.45) is 3.81. The summed E-state index contributed by atoms with van der Waals surface area (Å²) >= 11 is 0. The summed E-state index contributed by atoms with van der Waals surface area (Å²) in [7, 11) is 0. The Kier molecular flexibility index (Phi) is 4.50. The number of para-hydroxylation sites is 1. The third kappa shape index (κ3) is 2.69. The van der Waals surface area contributed by atoms with E-state index in [2.05, 4.69) is 36.5 Å². The fourth-order valence-corrected chi connectivity index (χ4v) is 6.70. The zero-order valence-corrected chi connectivity index (χ0v) is 17.0. The van der Waals surface area contributed by atoms with Crippen molar-refractivity contribution in [1.29, 1.82) is 0 Å². The molecule has 154 valence electrons. The van der Waals surface area contributed by atoms with E-state index in [1.165, 1.54) is 11.1 Å². The van der Waals surface area contributed by atoms with Crippen molar-refractivity contribution in [3.63, 3.8) is 0 Å². The predicted molar refractivity (Wildman–Crippen MR) is 113 cm³/mol. The molecule has 29 heavy (non-hydrogen) atoms. The summed E-state index contributed by atoms with van der Waals surface area (Å²) in [5.74, 6) is 0.745. The van der Waals surface area contributed by atoms with Gasteiger partial charge in [-0.1, -0.05) is 49.4 Å². The third-order valence-corrected chi connectivity index (χ3v) is 8.38. The molecule has 2 aromatic rings. The monoisotopic (exact) mass is 393 g/mol. The lowest BCUT2D eigenvalue weighted by atomic mass is 9.52. The van der Waals surface area contributed by atoms with Gasteiger partial charge in [0.1, 0.15) is 5.75 Å². The van der Waals surface area contributed by atoms with Gasteiger partial charge in [-0.2, -0.15) is 0 Å². The second kappa shape index (κ2) is 6.83. The molecule has 0 amide bonds. The van der Waals surface area contributed by atoms with E-state index >= 15 is 0 Å². The summed E-state index contributed by atoms with van der Waals surface area (Å²) < 4.78 is 0. The van der Waals surface area contributed by atoms with Crippen LogP contribution in [0, 0.1) is 11.3 Å². The molecule has 3 aliphatic rings. The fourth-order valence-electron chi connectivity index (χ4n) is 6.70. The first-order chi connectivity index (χ1) is 13.9. The number of aliphatic hydroxyl groups is 2. The zero-order chi connectivity index (χ0) is 20.2. The highest BCUT2D eigenvalue weighted by Crippen LogP contribution is 2.63. The Hall–Kier alpha value is -1.88. The number of rotatable bonds is 3. The van der Waals surface area contributed by atoms with Crippen molar-refractivity contribution in [1.82, 2.24) is 5.32 Å². The van der Waals surface area contributed by atoms with E-state index in [1.54, 1.807) is 6.07 Å². The Morgan fingerprint density at radius 2 is 1.83 bits per heavy atom. The first-order valence-corrected chi connectivity index (χ1v) is 10.9. The molecule has 0 aliphatic heterocycles. The van der Waals surface area contributed by atoms with E-state index in [0.717, 1.165) is 31.2 Å². The molecule has 4 heteroatoms. The van der Waals surface area contributed by atoms with Crippen molar-refractivity contribution in [3.05, 3.63) is 65.2 Å². The molecule has 0 spiro atoms. The van der Waals surface area contributed by atoms with Crippen LogP contribution >= 0.6 is 0 Å². The van der Waals surface area contributed by atoms with Crippen LogP contribution in [0.4, 0.5) is 0 Å². The van der Waals surface area contributed by atoms with Crippen molar-refractivity contribution in [2.45, 2.75) is 69.2 Å². The molecule has 0 bridgehead atoms. The van der Waals surface area contributed by atoms with Crippen molar-refractivity contribution in [2.24, 2.45) is 11.3 Å². The van der Waals surface area contributed by atoms with E-state index in [-0.39, 0.29) is 17.7 Å². The molecule has 4 N–H and O–H groups in total. The maximum atomic E-state index is 12.3. The number of hydrogen-bond acceptors (Lipinski definition) is 4. The molecule has 0 aromatic heterocycles. The molecular formula is C25H31NO3. The summed E-state index contributed by atoms with van der Waals surface area (Å²) in [4.78, 5) is 0. The van der Waals surface area contributed by atoms with Crippen LogP contribution in [0.2, 0.25) is 0 Å². The fraction of sp³-hybridized carbons (Fsp3) is 0.520. The van der Waals surface area contributed by atoms with Crippen LogP contribution in [0.25, 0.3) is 0 Å². The summed E-state index contributed by atoms with van der Waals surface area (Å²) in [6, 6.07) is 15.8. The van der Waals surface area contributed by atoms with Gasteiger partial charge in [0.25, 0.3) is 0 Å². The van der Waals surface area contributed by atoms with Gasteiger partial charge < -0.3 is 20.6 Å². The Balaban J connectivity index is 1.48. The first-order valence-electron chi connectivity index (χ1n) is 10.9. The van der Waals surface area contributed by atoms with Gasteiger partial charge in [-0.05, 0) is 61.1 Å². The highest BCUT2D eigenvalue weighted by atomic mass is 16.3. The number of benzene rings is 2. The smallest absolute Gasteiger partial charge is 0.120 e. The van der Waals surface area contributed by atoms with Gasteiger partial charge in [-0.15, -0.1) is 0 Å². The molecule has 0 radical (unpaired) electrons. The van der Waals surface area contributed by atoms with Gasteiger partial charge in [0.15, 0.2) is 0 Å². The SMILES string of the molecule is C[C@]12CC[C@@H]3c4ccccc4CC[C@H]3[C@]1(O)[C@H](NCc1ccccc1O)C[C@@H]2O. The van der Waals surface area contributed by atoms with E-state index in [9.17, 15) is 15.3 Å².